The van der Waals surface area contributed by atoms with E-state index in [0.29, 0.717) is 23.3 Å². The van der Waals surface area contributed by atoms with Gasteiger partial charge in [-0.25, -0.2) is 4.79 Å². The van der Waals surface area contributed by atoms with E-state index in [-0.39, 0.29) is 18.0 Å². The van der Waals surface area contributed by atoms with Gasteiger partial charge in [-0.2, -0.15) is 0 Å². The molecule has 2 aromatic rings. The molecule has 0 saturated carbocycles. The van der Waals surface area contributed by atoms with Crippen LogP contribution in [0.5, 0.6) is 0 Å². The molecule has 3 rings (SSSR count). The molecule has 1 N–H and O–H groups in total. The highest BCUT2D eigenvalue weighted by Gasteiger charge is 2.37. The van der Waals surface area contributed by atoms with Crippen molar-refractivity contribution in [1.82, 2.24) is 25.4 Å². The lowest BCUT2D eigenvalue weighted by Crippen LogP contribution is -2.58. The van der Waals surface area contributed by atoms with Gasteiger partial charge in [0.25, 0.3) is 5.22 Å². The van der Waals surface area contributed by atoms with Gasteiger partial charge in [-0.3, -0.25) is 14.7 Å². The average molecular weight is 347 g/mol. The van der Waals surface area contributed by atoms with Crippen LogP contribution in [0.1, 0.15) is 18.5 Å². The average Bonchev–Trinajstić information content (AvgIpc) is 3.03. The Labute approximate surface area is 143 Å². The lowest BCUT2D eigenvalue weighted by Gasteiger charge is -2.33. The summed E-state index contributed by atoms with van der Waals surface area (Å²) in [7, 11) is 1.46. The van der Waals surface area contributed by atoms with E-state index in [4.69, 9.17) is 4.42 Å². The Morgan fingerprint density at radius 2 is 2.17 bits per heavy atom. The molecule has 0 radical (unpaired) electrons. The summed E-state index contributed by atoms with van der Waals surface area (Å²) in [4.78, 5) is 29.1. The smallest absolute Gasteiger partial charge is 0.324 e. The zero-order valence-corrected chi connectivity index (χ0v) is 14.1. The first-order valence-corrected chi connectivity index (χ1v) is 8.46. The van der Waals surface area contributed by atoms with Crippen LogP contribution in [0.25, 0.3) is 0 Å². The van der Waals surface area contributed by atoms with Crippen LogP contribution in [0.2, 0.25) is 0 Å². The summed E-state index contributed by atoms with van der Waals surface area (Å²) in [5, 5.41) is 11.2. The van der Waals surface area contributed by atoms with Crippen molar-refractivity contribution in [1.29, 1.82) is 0 Å². The molecule has 9 heteroatoms. The third kappa shape index (κ3) is 3.56. The van der Waals surface area contributed by atoms with Crippen LogP contribution in [0.3, 0.4) is 0 Å². The molecule has 3 heterocycles. The minimum atomic E-state index is -0.415. The zero-order chi connectivity index (χ0) is 17.1. The standard InChI is InChI=1S/C15H17N5O3S/c1-9-11(13(21)20(2)14(22)17-9)7-12-18-19-15(23-12)24-8-10-5-3-4-6-16-10/h3-6,9,11H,7-8H2,1-2H3,(H,17,22). The molecule has 1 aliphatic rings. The zero-order valence-electron chi connectivity index (χ0n) is 13.3. The molecule has 126 valence electrons. The van der Waals surface area contributed by atoms with E-state index in [1.54, 1.807) is 13.1 Å². The van der Waals surface area contributed by atoms with Crippen LogP contribution in [-0.2, 0) is 17.0 Å². The van der Waals surface area contributed by atoms with Crippen LogP contribution >= 0.6 is 11.8 Å². The van der Waals surface area contributed by atoms with E-state index in [2.05, 4.69) is 20.5 Å². The number of aromatic nitrogens is 3. The molecular weight excluding hydrogens is 330 g/mol. The van der Waals surface area contributed by atoms with Crippen molar-refractivity contribution in [3.63, 3.8) is 0 Å². The fourth-order valence-corrected chi connectivity index (χ4v) is 3.10. The minimum Gasteiger partial charge on any atom is -0.416 e. The Morgan fingerprint density at radius 3 is 2.92 bits per heavy atom. The first-order valence-electron chi connectivity index (χ1n) is 7.47. The van der Waals surface area contributed by atoms with Gasteiger partial charge >= 0.3 is 6.03 Å². The fraction of sp³-hybridized carbons (Fsp3) is 0.400. The molecular formula is C15H17N5O3S. The van der Waals surface area contributed by atoms with Gasteiger partial charge in [0.05, 0.1) is 11.6 Å². The molecule has 0 aliphatic carbocycles. The predicted octanol–water partition coefficient (Wildman–Crippen LogP) is 1.49. The number of pyridine rings is 1. The van der Waals surface area contributed by atoms with Gasteiger partial charge in [0.1, 0.15) is 0 Å². The number of urea groups is 1. The van der Waals surface area contributed by atoms with Crippen molar-refractivity contribution < 1.29 is 14.0 Å². The van der Waals surface area contributed by atoms with Crippen molar-refractivity contribution in [2.75, 3.05) is 7.05 Å². The Balaban J connectivity index is 1.61. The number of nitrogens with zero attached hydrogens (tertiary/aromatic N) is 4. The summed E-state index contributed by atoms with van der Waals surface area (Å²) in [6.07, 6.45) is 2.03. The van der Waals surface area contributed by atoms with E-state index < -0.39 is 5.92 Å². The van der Waals surface area contributed by atoms with E-state index in [0.717, 1.165) is 10.6 Å². The monoisotopic (exact) mass is 347 g/mol. The van der Waals surface area contributed by atoms with Gasteiger partial charge in [-0.1, -0.05) is 17.8 Å². The van der Waals surface area contributed by atoms with Crippen molar-refractivity contribution in [2.45, 2.75) is 30.4 Å². The third-order valence-electron chi connectivity index (χ3n) is 3.82. The minimum absolute atomic E-state index is 0.243. The lowest BCUT2D eigenvalue weighted by atomic mass is 9.94. The van der Waals surface area contributed by atoms with E-state index in [9.17, 15) is 9.59 Å². The van der Waals surface area contributed by atoms with Crippen molar-refractivity contribution in [3.05, 3.63) is 36.0 Å². The largest absolute Gasteiger partial charge is 0.416 e. The summed E-state index contributed by atoms with van der Waals surface area (Å²) in [6, 6.07) is 5.03. The molecule has 2 aromatic heterocycles. The fourth-order valence-electron chi connectivity index (χ4n) is 2.41. The van der Waals surface area contributed by atoms with Crippen molar-refractivity contribution >= 4 is 23.7 Å². The summed E-state index contributed by atoms with van der Waals surface area (Å²) >= 11 is 1.39. The maximum absolute atomic E-state index is 12.2. The summed E-state index contributed by atoms with van der Waals surface area (Å²) in [5.41, 5.74) is 0.919. The molecule has 24 heavy (non-hydrogen) atoms. The maximum Gasteiger partial charge on any atom is 0.324 e. The second kappa shape index (κ2) is 7.00. The molecule has 0 aromatic carbocycles. The number of nitrogens with one attached hydrogen (secondary N) is 1. The van der Waals surface area contributed by atoms with Gasteiger partial charge in [0.15, 0.2) is 0 Å². The number of imide groups is 1. The molecule has 2 atom stereocenters. The van der Waals surface area contributed by atoms with Crippen LogP contribution in [0, 0.1) is 5.92 Å². The van der Waals surface area contributed by atoms with Gasteiger partial charge in [-0.15, -0.1) is 10.2 Å². The molecule has 2 unspecified atom stereocenters. The number of carbonyl (C=O) groups is 2. The van der Waals surface area contributed by atoms with Gasteiger partial charge in [0.2, 0.25) is 11.8 Å². The summed E-state index contributed by atoms with van der Waals surface area (Å²) in [6.45, 7) is 1.79. The number of amides is 3. The quantitative estimate of drug-likeness (QED) is 0.818. The van der Waals surface area contributed by atoms with Crippen molar-refractivity contribution in [3.8, 4) is 0 Å². The molecule has 0 spiro atoms. The molecule has 1 aliphatic heterocycles. The number of carbonyl (C=O) groups excluding carboxylic acids is 2. The number of thioether (sulfide) groups is 1. The summed E-state index contributed by atoms with van der Waals surface area (Å²) < 4.78 is 5.60. The highest BCUT2D eigenvalue weighted by Crippen LogP contribution is 2.23. The predicted molar refractivity (Wildman–Crippen MR) is 86.1 cm³/mol. The normalized spacial score (nSPS) is 21.0. The van der Waals surface area contributed by atoms with Gasteiger partial charge in [0, 0.05) is 31.5 Å². The second-order valence-corrected chi connectivity index (χ2v) is 6.44. The highest BCUT2D eigenvalue weighted by molar-refractivity contribution is 7.98. The molecule has 8 nitrogen and oxygen atoms in total. The van der Waals surface area contributed by atoms with E-state index in [1.165, 1.54) is 18.8 Å². The first kappa shape index (κ1) is 16.4. The van der Waals surface area contributed by atoms with Gasteiger partial charge < -0.3 is 9.73 Å². The van der Waals surface area contributed by atoms with E-state index in [1.807, 2.05) is 18.2 Å². The molecule has 1 saturated heterocycles. The summed E-state index contributed by atoms with van der Waals surface area (Å²) in [5.74, 6) is 0.349. The number of hydrogen-bond donors (Lipinski definition) is 1. The highest BCUT2D eigenvalue weighted by atomic mass is 32.2. The van der Waals surface area contributed by atoms with Gasteiger partial charge in [-0.05, 0) is 19.1 Å². The maximum atomic E-state index is 12.2. The van der Waals surface area contributed by atoms with Crippen LogP contribution in [0.4, 0.5) is 4.79 Å². The SMILES string of the molecule is CC1NC(=O)N(C)C(=O)C1Cc1nnc(SCc2ccccn2)o1. The Bertz CT molecular complexity index is 736. The molecule has 3 amide bonds. The first-order chi connectivity index (χ1) is 11.5. The number of hydrogen-bond acceptors (Lipinski definition) is 7. The van der Waals surface area contributed by atoms with Crippen LogP contribution in [-0.4, -0.2) is 45.1 Å². The van der Waals surface area contributed by atoms with Crippen LogP contribution < -0.4 is 5.32 Å². The van der Waals surface area contributed by atoms with Crippen molar-refractivity contribution in [2.24, 2.45) is 5.92 Å². The molecule has 0 bridgehead atoms. The molecule has 1 fully saturated rings. The van der Waals surface area contributed by atoms with Crippen LogP contribution in [0.15, 0.2) is 34.0 Å². The second-order valence-electron chi connectivity index (χ2n) is 5.52. The Kier molecular flexibility index (Phi) is 4.79. The number of rotatable bonds is 5. The third-order valence-corrected chi connectivity index (χ3v) is 4.67. The topological polar surface area (TPSA) is 101 Å². The van der Waals surface area contributed by atoms with E-state index >= 15 is 0 Å². The Hall–Kier alpha value is -2.42. The Morgan fingerprint density at radius 1 is 1.33 bits per heavy atom. The lowest BCUT2D eigenvalue weighted by molar-refractivity contribution is -0.134.